The van der Waals surface area contributed by atoms with Crippen LogP contribution in [0.3, 0.4) is 0 Å². The van der Waals surface area contributed by atoms with Gasteiger partial charge in [0, 0.05) is 32.6 Å². The highest BCUT2D eigenvalue weighted by Crippen LogP contribution is 2.17. The monoisotopic (exact) mass is 327 g/mol. The molecule has 0 spiro atoms. The average molecular weight is 327 g/mol. The fourth-order valence-corrected chi connectivity index (χ4v) is 3.26. The standard InChI is InChI=1S/C19H25N3O2/c1-13-6-4-5-7-16(13)12-22-10-8-17(9-11-22)21-19(23)18-14(2)20-15(3)24-18/h4-7,17H,8-12H2,1-3H3,(H,21,23). The Labute approximate surface area is 143 Å². The Morgan fingerprint density at radius 3 is 2.58 bits per heavy atom. The van der Waals surface area contributed by atoms with Crippen LogP contribution >= 0.6 is 0 Å². The Kier molecular flexibility index (Phi) is 5.00. The maximum absolute atomic E-state index is 12.3. The maximum Gasteiger partial charge on any atom is 0.289 e. The highest BCUT2D eigenvalue weighted by Gasteiger charge is 2.24. The second kappa shape index (κ2) is 7.18. The van der Waals surface area contributed by atoms with Crippen molar-refractivity contribution in [2.45, 2.75) is 46.2 Å². The summed E-state index contributed by atoms with van der Waals surface area (Å²) in [7, 11) is 0. The quantitative estimate of drug-likeness (QED) is 0.938. The van der Waals surface area contributed by atoms with Crippen molar-refractivity contribution in [2.75, 3.05) is 13.1 Å². The van der Waals surface area contributed by atoms with Crippen LogP contribution in [0.1, 0.15) is 46.1 Å². The lowest BCUT2D eigenvalue weighted by Crippen LogP contribution is -2.44. The molecule has 0 aliphatic carbocycles. The highest BCUT2D eigenvalue weighted by atomic mass is 16.4. The number of aromatic nitrogens is 1. The van der Waals surface area contributed by atoms with Gasteiger partial charge in [-0.3, -0.25) is 9.69 Å². The molecule has 0 atom stereocenters. The number of nitrogens with zero attached hydrogens (tertiary/aromatic N) is 2. The molecule has 5 heteroatoms. The number of likely N-dealkylation sites (tertiary alicyclic amines) is 1. The van der Waals surface area contributed by atoms with E-state index in [2.05, 4.69) is 46.4 Å². The second-order valence-corrected chi connectivity index (χ2v) is 6.60. The minimum absolute atomic E-state index is 0.148. The summed E-state index contributed by atoms with van der Waals surface area (Å²) in [5.74, 6) is 0.728. The fourth-order valence-electron chi connectivity index (χ4n) is 3.26. The molecule has 2 aromatic rings. The number of rotatable bonds is 4. The van der Waals surface area contributed by atoms with Gasteiger partial charge < -0.3 is 9.73 Å². The summed E-state index contributed by atoms with van der Waals surface area (Å²) in [6, 6.07) is 8.72. The molecular weight excluding hydrogens is 302 g/mol. The Bertz CT molecular complexity index is 715. The van der Waals surface area contributed by atoms with E-state index in [4.69, 9.17) is 4.42 Å². The zero-order valence-corrected chi connectivity index (χ0v) is 14.6. The number of piperidine rings is 1. The molecule has 2 heterocycles. The normalized spacial score (nSPS) is 16.3. The summed E-state index contributed by atoms with van der Waals surface area (Å²) < 4.78 is 5.40. The van der Waals surface area contributed by atoms with Gasteiger partial charge in [0.25, 0.3) is 5.91 Å². The topological polar surface area (TPSA) is 58.4 Å². The van der Waals surface area contributed by atoms with Crippen molar-refractivity contribution in [2.24, 2.45) is 0 Å². The first-order valence-corrected chi connectivity index (χ1v) is 8.54. The SMILES string of the molecule is Cc1nc(C)c(C(=O)NC2CCN(Cc3ccccc3C)CC2)o1. The third-order valence-electron chi connectivity index (χ3n) is 4.69. The molecule has 3 rings (SSSR count). The first-order chi connectivity index (χ1) is 11.5. The zero-order chi connectivity index (χ0) is 17.1. The molecule has 0 radical (unpaired) electrons. The van der Waals surface area contributed by atoms with Crippen molar-refractivity contribution in [3.8, 4) is 0 Å². The summed E-state index contributed by atoms with van der Waals surface area (Å²) in [5.41, 5.74) is 3.37. The summed E-state index contributed by atoms with van der Waals surface area (Å²) in [4.78, 5) is 18.9. The summed E-state index contributed by atoms with van der Waals surface area (Å²) in [5, 5.41) is 3.09. The smallest absolute Gasteiger partial charge is 0.289 e. The molecule has 1 aromatic carbocycles. The van der Waals surface area contributed by atoms with E-state index in [1.54, 1.807) is 13.8 Å². The average Bonchev–Trinajstić information content (AvgIpc) is 2.90. The zero-order valence-electron chi connectivity index (χ0n) is 14.6. The first kappa shape index (κ1) is 16.7. The summed E-state index contributed by atoms with van der Waals surface area (Å²) in [6.07, 6.45) is 1.92. The molecule has 5 nitrogen and oxygen atoms in total. The number of aryl methyl sites for hydroxylation is 3. The van der Waals surface area contributed by atoms with Crippen LogP contribution in [-0.2, 0) is 6.54 Å². The number of amides is 1. The first-order valence-electron chi connectivity index (χ1n) is 8.54. The van der Waals surface area contributed by atoms with Gasteiger partial charge in [0.05, 0.1) is 5.69 Å². The number of benzene rings is 1. The van der Waals surface area contributed by atoms with E-state index in [1.807, 2.05) is 0 Å². The van der Waals surface area contributed by atoms with Gasteiger partial charge in [0.15, 0.2) is 5.89 Å². The minimum Gasteiger partial charge on any atom is -0.436 e. The van der Waals surface area contributed by atoms with Gasteiger partial charge in [-0.2, -0.15) is 0 Å². The third kappa shape index (κ3) is 3.85. The van der Waals surface area contributed by atoms with Crippen molar-refractivity contribution in [1.82, 2.24) is 15.2 Å². The van der Waals surface area contributed by atoms with E-state index in [0.29, 0.717) is 17.3 Å². The Balaban J connectivity index is 1.51. The number of carbonyl (C=O) groups excluding carboxylic acids is 1. The summed E-state index contributed by atoms with van der Waals surface area (Å²) in [6.45, 7) is 8.68. The van der Waals surface area contributed by atoms with Crippen LogP contribution in [0.4, 0.5) is 0 Å². The molecule has 1 aliphatic rings. The highest BCUT2D eigenvalue weighted by molar-refractivity contribution is 5.92. The van der Waals surface area contributed by atoms with Gasteiger partial charge in [-0.1, -0.05) is 24.3 Å². The predicted molar refractivity (Wildman–Crippen MR) is 92.9 cm³/mol. The van der Waals surface area contributed by atoms with E-state index in [9.17, 15) is 4.79 Å². The van der Waals surface area contributed by atoms with Gasteiger partial charge in [0.2, 0.25) is 5.76 Å². The van der Waals surface area contributed by atoms with Crippen molar-refractivity contribution < 1.29 is 9.21 Å². The number of hydrogen-bond acceptors (Lipinski definition) is 4. The predicted octanol–water partition coefficient (Wildman–Crippen LogP) is 2.99. The molecule has 24 heavy (non-hydrogen) atoms. The van der Waals surface area contributed by atoms with E-state index in [-0.39, 0.29) is 11.9 Å². The van der Waals surface area contributed by atoms with Gasteiger partial charge >= 0.3 is 0 Å². The van der Waals surface area contributed by atoms with Crippen molar-refractivity contribution in [3.05, 3.63) is 52.7 Å². The maximum atomic E-state index is 12.3. The molecule has 1 saturated heterocycles. The van der Waals surface area contributed by atoms with E-state index < -0.39 is 0 Å². The lowest BCUT2D eigenvalue weighted by Gasteiger charge is -2.32. The Morgan fingerprint density at radius 1 is 1.25 bits per heavy atom. The van der Waals surface area contributed by atoms with E-state index >= 15 is 0 Å². The Hall–Kier alpha value is -2.14. The molecule has 1 fully saturated rings. The molecule has 1 amide bonds. The van der Waals surface area contributed by atoms with Crippen molar-refractivity contribution in [3.63, 3.8) is 0 Å². The van der Waals surface area contributed by atoms with Crippen LogP contribution in [-0.4, -0.2) is 34.9 Å². The summed E-state index contributed by atoms with van der Waals surface area (Å²) >= 11 is 0. The van der Waals surface area contributed by atoms with Crippen LogP contribution in [0.5, 0.6) is 0 Å². The lowest BCUT2D eigenvalue weighted by atomic mass is 10.0. The third-order valence-corrected chi connectivity index (χ3v) is 4.69. The molecule has 1 aliphatic heterocycles. The molecule has 0 unspecified atom stereocenters. The molecular formula is C19H25N3O2. The van der Waals surface area contributed by atoms with Crippen molar-refractivity contribution in [1.29, 1.82) is 0 Å². The number of hydrogen-bond donors (Lipinski definition) is 1. The van der Waals surface area contributed by atoms with Crippen molar-refractivity contribution >= 4 is 5.91 Å². The minimum atomic E-state index is -0.148. The molecule has 0 bridgehead atoms. The second-order valence-electron chi connectivity index (χ2n) is 6.60. The molecule has 1 aromatic heterocycles. The molecule has 0 saturated carbocycles. The van der Waals surface area contributed by atoms with Gasteiger partial charge in [0.1, 0.15) is 0 Å². The number of carbonyl (C=O) groups is 1. The van der Waals surface area contributed by atoms with Crippen LogP contribution in [0.2, 0.25) is 0 Å². The molecule has 1 N–H and O–H groups in total. The fraction of sp³-hybridized carbons (Fsp3) is 0.474. The van der Waals surface area contributed by atoms with Crippen LogP contribution in [0.15, 0.2) is 28.7 Å². The van der Waals surface area contributed by atoms with Gasteiger partial charge in [-0.25, -0.2) is 4.98 Å². The van der Waals surface area contributed by atoms with E-state index in [0.717, 1.165) is 32.5 Å². The molecule has 128 valence electrons. The van der Waals surface area contributed by atoms with Crippen LogP contribution in [0.25, 0.3) is 0 Å². The van der Waals surface area contributed by atoms with Gasteiger partial charge in [-0.15, -0.1) is 0 Å². The largest absolute Gasteiger partial charge is 0.436 e. The number of nitrogens with one attached hydrogen (secondary N) is 1. The van der Waals surface area contributed by atoms with E-state index in [1.165, 1.54) is 11.1 Å². The Morgan fingerprint density at radius 2 is 1.96 bits per heavy atom. The van der Waals surface area contributed by atoms with Gasteiger partial charge in [-0.05, 0) is 37.8 Å². The number of oxazole rings is 1. The lowest BCUT2D eigenvalue weighted by molar-refractivity contribution is 0.0879. The van der Waals surface area contributed by atoms with Crippen LogP contribution < -0.4 is 5.32 Å². The van der Waals surface area contributed by atoms with Crippen LogP contribution in [0, 0.1) is 20.8 Å².